The van der Waals surface area contributed by atoms with E-state index in [1.807, 2.05) is 0 Å². The third-order valence-corrected chi connectivity index (χ3v) is 1.88. The number of aromatic nitrogens is 4. The summed E-state index contributed by atoms with van der Waals surface area (Å²) in [6, 6.07) is 0. The van der Waals surface area contributed by atoms with Gasteiger partial charge in [0.15, 0.2) is 11.2 Å². The lowest BCUT2D eigenvalue weighted by Crippen LogP contribution is -2.22. The van der Waals surface area contributed by atoms with Crippen molar-refractivity contribution in [2.24, 2.45) is 0 Å². The molecule has 2 aromatic heterocycles. The molecular weight excluding hydrogens is 200 g/mol. The molecule has 0 atom stereocenters. The van der Waals surface area contributed by atoms with Gasteiger partial charge in [0, 0.05) is 0 Å². The van der Waals surface area contributed by atoms with Crippen LogP contribution in [0.4, 0.5) is 0 Å². The molecule has 0 radical (unpaired) electrons. The van der Waals surface area contributed by atoms with Gasteiger partial charge in [0.2, 0.25) is 0 Å². The van der Waals surface area contributed by atoms with E-state index in [1.54, 1.807) is 0 Å². The molecule has 80 valence electrons. The van der Waals surface area contributed by atoms with Crippen LogP contribution in [0.3, 0.4) is 0 Å². The van der Waals surface area contributed by atoms with Crippen LogP contribution >= 0.6 is 0 Å². The summed E-state index contributed by atoms with van der Waals surface area (Å²) in [6.07, 6.45) is 2.78. The van der Waals surface area contributed by atoms with Crippen molar-refractivity contribution in [3.8, 4) is 0 Å². The first-order valence-corrected chi connectivity index (χ1v) is 4.40. The number of aromatic amines is 1. The van der Waals surface area contributed by atoms with E-state index in [9.17, 15) is 4.79 Å². The number of nitrogens with one attached hydrogen (secondary N) is 1. The van der Waals surface area contributed by atoms with E-state index < -0.39 is 0 Å². The second-order valence-electron chi connectivity index (χ2n) is 2.88. The fourth-order valence-electron chi connectivity index (χ4n) is 1.18. The van der Waals surface area contributed by atoms with E-state index in [1.165, 1.54) is 17.2 Å². The Labute approximate surface area is 84.4 Å². The molecule has 0 bridgehead atoms. The van der Waals surface area contributed by atoms with Crippen LogP contribution in [-0.2, 0) is 11.5 Å². The van der Waals surface area contributed by atoms with Crippen LogP contribution in [0.25, 0.3) is 11.2 Å². The average Bonchev–Trinajstić information content (AvgIpc) is 2.70. The molecule has 0 saturated heterocycles. The Morgan fingerprint density at radius 2 is 2.40 bits per heavy atom. The van der Waals surface area contributed by atoms with Crippen molar-refractivity contribution in [2.45, 2.75) is 6.73 Å². The predicted molar refractivity (Wildman–Crippen MR) is 51.2 cm³/mol. The lowest BCUT2D eigenvalue weighted by molar-refractivity contribution is 0.0461. The van der Waals surface area contributed by atoms with Gasteiger partial charge in [-0.1, -0.05) is 0 Å². The topological polar surface area (TPSA) is 93.0 Å². The van der Waals surface area contributed by atoms with Crippen molar-refractivity contribution in [3.05, 3.63) is 23.0 Å². The minimum Gasteiger partial charge on any atom is -0.394 e. The highest BCUT2D eigenvalue weighted by molar-refractivity contribution is 5.67. The lowest BCUT2D eigenvalue weighted by Gasteiger charge is -2.04. The number of ether oxygens (including phenoxy) is 1. The van der Waals surface area contributed by atoms with E-state index in [0.717, 1.165) is 0 Å². The normalized spacial score (nSPS) is 11.0. The van der Waals surface area contributed by atoms with Crippen LogP contribution in [0.15, 0.2) is 17.4 Å². The maximum absolute atomic E-state index is 11.7. The zero-order valence-corrected chi connectivity index (χ0v) is 7.88. The van der Waals surface area contributed by atoms with Gasteiger partial charge in [-0.25, -0.2) is 9.97 Å². The maximum Gasteiger partial charge on any atom is 0.281 e. The fraction of sp³-hybridized carbons (Fsp3) is 0.375. The van der Waals surface area contributed by atoms with Crippen LogP contribution in [0.2, 0.25) is 0 Å². The molecule has 2 heterocycles. The maximum atomic E-state index is 11.7. The highest BCUT2D eigenvalue weighted by Gasteiger charge is 2.04. The molecule has 7 heteroatoms. The number of hydrogen-bond donors (Lipinski definition) is 2. The van der Waals surface area contributed by atoms with Crippen molar-refractivity contribution in [3.63, 3.8) is 0 Å². The first-order valence-electron chi connectivity index (χ1n) is 4.40. The van der Waals surface area contributed by atoms with Crippen molar-refractivity contribution >= 4 is 11.2 Å². The van der Waals surface area contributed by atoms with Crippen molar-refractivity contribution in [2.75, 3.05) is 13.2 Å². The van der Waals surface area contributed by atoms with Crippen LogP contribution in [0.5, 0.6) is 0 Å². The van der Waals surface area contributed by atoms with Gasteiger partial charge >= 0.3 is 0 Å². The number of nitrogens with zero attached hydrogens (tertiary/aromatic N) is 3. The Hall–Kier alpha value is -1.73. The zero-order chi connectivity index (χ0) is 10.7. The molecule has 2 rings (SSSR count). The number of fused-ring (bicyclic) bond motifs is 1. The largest absolute Gasteiger partial charge is 0.394 e. The van der Waals surface area contributed by atoms with E-state index >= 15 is 0 Å². The number of aliphatic hydroxyl groups excluding tert-OH is 1. The minimum atomic E-state index is -0.240. The fourth-order valence-corrected chi connectivity index (χ4v) is 1.18. The van der Waals surface area contributed by atoms with Gasteiger partial charge in [-0.05, 0) is 0 Å². The van der Waals surface area contributed by atoms with Crippen LogP contribution in [-0.4, -0.2) is 37.8 Å². The van der Waals surface area contributed by atoms with E-state index in [2.05, 4.69) is 15.0 Å². The van der Waals surface area contributed by atoms with E-state index in [0.29, 0.717) is 11.2 Å². The number of H-pyrrole nitrogens is 1. The first-order chi connectivity index (χ1) is 7.33. The molecule has 15 heavy (non-hydrogen) atoms. The second-order valence-corrected chi connectivity index (χ2v) is 2.88. The zero-order valence-electron chi connectivity index (χ0n) is 7.88. The molecule has 0 aliphatic carbocycles. The van der Waals surface area contributed by atoms with Crippen LogP contribution < -0.4 is 5.56 Å². The number of hydrogen-bond acceptors (Lipinski definition) is 5. The Balaban J connectivity index is 2.28. The van der Waals surface area contributed by atoms with Crippen molar-refractivity contribution in [1.29, 1.82) is 0 Å². The third-order valence-electron chi connectivity index (χ3n) is 1.88. The van der Waals surface area contributed by atoms with Crippen LogP contribution in [0.1, 0.15) is 0 Å². The molecule has 0 unspecified atom stereocenters. The van der Waals surface area contributed by atoms with Gasteiger partial charge in [0.25, 0.3) is 5.56 Å². The number of rotatable bonds is 4. The first kappa shape index (κ1) is 9.81. The molecule has 7 nitrogen and oxygen atoms in total. The summed E-state index contributed by atoms with van der Waals surface area (Å²) in [5.41, 5.74) is 0.499. The number of imidazole rings is 1. The highest BCUT2D eigenvalue weighted by atomic mass is 16.5. The SMILES string of the molecule is O=c1c2[nH]cnc2ncn1COCCO. The molecule has 0 spiro atoms. The van der Waals surface area contributed by atoms with Gasteiger partial charge in [0.05, 0.1) is 19.5 Å². The quantitative estimate of drug-likeness (QED) is 0.637. The summed E-state index contributed by atoms with van der Waals surface area (Å²) in [5, 5.41) is 8.51. The van der Waals surface area contributed by atoms with Gasteiger partial charge in [-0.3, -0.25) is 9.36 Å². The smallest absolute Gasteiger partial charge is 0.281 e. The van der Waals surface area contributed by atoms with Gasteiger partial charge in [0.1, 0.15) is 13.1 Å². The lowest BCUT2D eigenvalue weighted by atomic mass is 10.5. The molecule has 2 aromatic rings. The van der Waals surface area contributed by atoms with Crippen molar-refractivity contribution < 1.29 is 9.84 Å². The monoisotopic (exact) mass is 210 g/mol. The molecule has 0 aliphatic rings. The summed E-state index contributed by atoms with van der Waals surface area (Å²) in [5.74, 6) is 0. The highest BCUT2D eigenvalue weighted by Crippen LogP contribution is 1.97. The molecule has 0 aromatic carbocycles. The van der Waals surface area contributed by atoms with E-state index in [4.69, 9.17) is 9.84 Å². The average molecular weight is 210 g/mol. The summed E-state index contributed by atoms with van der Waals surface area (Å²) in [4.78, 5) is 22.2. The Morgan fingerprint density at radius 3 is 3.20 bits per heavy atom. The summed E-state index contributed by atoms with van der Waals surface area (Å²) >= 11 is 0. The van der Waals surface area contributed by atoms with Crippen LogP contribution in [0, 0.1) is 0 Å². The standard InChI is InChI=1S/C8H10N4O3/c13-1-2-15-5-12-4-11-7-6(8(12)14)9-3-10-7/h3-4,13H,1-2,5H2,(H,9,10). The molecule has 2 N–H and O–H groups in total. The minimum absolute atomic E-state index is 0.0708. The van der Waals surface area contributed by atoms with Crippen molar-refractivity contribution in [1.82, 2.24) is 19.5 Å². The predicted octanol–water partition coefficient (Wildman–Crippen LogP) is -0.914. The van der Waals surface area contributed by atoms with Gasteiger partial charge in [-0.15, -0.1) is 0 Å². The van der Waals surface area contributed by atoms with E-state index in [-0.39, 0.29) is 25.5 Å². The van der Waals surface area contributed by atoms with Gasteiger partial charge < -0.3 is 14.8 Å². The Bertz CT molecular complexity index is 504. The molecule has 0 fully saturated rings. The van der Waals surface area contributed by atoms with Gasteiger partial charge in [-0.2, -0.15) is 0 Å². The summed E-state index contributed by atoms with van der Waals surface area (Å²) in [7, 11) is 0. The Morgan fingerprint density at radius 1 is 1.53 bits per heavy atom. The molecule has 0 saturated carbocycles. The third kappa shape index (κ3) is 1.88. The summed E-state index contributed by atoms with van der Waals surface area (Å²) in [6.45, 7) is 0.184. The number of aliphatic hydroxyl groups is 1. The molecule has 0 aliphatic heterocycles. The Kier molecular flexibility index (Phi) is 2.75. The molecular formula is C8H10N4O3. The second kappa shape index (κ2) is 4.20. The molecule has 0 amide bonds. The summed E-state index contributed by atoms with van der Waals surface area (Å²) < 4.78 is 6.32.